The van der Waals surface area contributed by atoms with E-state index in [1.165, 1.54) is 142 Å². The Morgan fingerprint density at radius 2 is 0.953 bits per heavy atom. The fraction of sp³-hybridized carbons (Fsp3) is 0.322. The lowest BCUT2D eigenvalue weighted by Crippen LogP contribution is -2.09. The van der Waals surface area contributed by atoms with Crippen molar-refractivity contribution >= 4 is 55.5 Å². The molecule has 0 bridgehead atoms. The molecule has 0 spiro atoms. The van der Waals surface area contributed by atoms with Gasteiger partial charge in [-0.1, -0.05) is 188 Å². The second-order valence-electron chi connectivity index (χ2n) is 18.0. The van der Waals surface area contributed by atoms with E-state index in [1.807, 2.05) is 22.7 Å². The fourth-order valence-corrected chi connectivity index (χ4v) is 11.7. The number of unbranched alkanes of at least 4 members (excludes halogenated alkanes) is 10. The number of aryl methyl sites for hydroxylation is 2. The number of aromatic nitrogens is 3. The fourth-order valence-electron chi connectivity index (χ4n) is 9.77. The van der Waals surface area contributed by atoms with Crippen molar-refractivity contribution in [3.05, 3.63) is 144 Å². The highest BCUT2D eigenvalue weighted by molar-refractivity contribution is 7.19. The molecule has 0 aliphatic heterocycles. The lowest BCUT2D eigenvalue weighted by molar-refractivity contribution is 0.410. The molecule has 0 aliphatic rings. The minimum atomic E-state index is 0.489. The summed E-state index contributed by atoms with van der Waals surface area (Å²) in [5.41, 5.74) is 13.5. The predicted molar refractivity (Wildman–Crippen MR) is 280 cm³/mol. The van der Waals surface area contributed by atoms with Gasteiger partial charge in [0.05, 0.1) is 27.9 Å². The lowest BCUT2D eigenvalue weighted by atomic mass is 9.99. The standard InChI is InChI=1S/C59H63N3S2/c1-5-7-9-11-13-21-27-46(28-22-14-12-10-8-6-2)62-51-39-41(3)29-32-47(51)48-33-31-45(40-52(48)62)53-37-38-55(64-53)50-35-34-49(54-36-30-42(4)63-54)58-59(50)61-57(44-25-19-16-20-26-44)56(60-58)43-23-17-15-18-24-43/h15-20,23-26,29-40,46H,5-14,21-22,27-28H2,1-4H3. The van der Waals surface area contributed by atoms with E-state index in [-0.39, 0.29) is 0 Å². The van der Waals surface area contributed by atoms with Crippen LogP contribution in [0.15, 0.2) is 133 Å². The molecule has 5 heteroatoms. The lowest BCUT2D eigenvalue weighted by Gasteiger charge is -2.22. The van der Waals surface area contributed by atoms with E-state index in [2.05, 4.69) is 166 Å². The monoisotopic (exact) mass is 877 g/mol. The topological polar surface area (TPSA) is 30.7 Å². The van der Waals surface area contributed by atoms with Gasteiger partial charge in [0, 0.05) is 64.1 Å². The third-order valence-electron chi connectivity index (χ3n) is 13.2. The Morgan fingerprint density at radius 3 is 1.52 bits per heavy atom. The first-order valence-electron chi connectivity index (χ1n) is 24.2. The molecule has 0 amide bonds. The number of hydrogen-bond donors (Lipinski definition) is 0. The molecule has 0 radical (unpaired) electrons. The Labute approximate surface area is 389 Å². The van der Waals surface area contributed by atoms with Gasteiger partial charge in [0.2, 0.25) is 0 Å². The zero-order valence-electron chi connectivity index (χ0n) is 38.3. The van der Waals surface area contributed by atoms with Crippen molar-refractivity contribution in [3.63, 3.8) is 0 Å². The summed E-state index contributed by atoms with van der Waals surface area (Å²) in [6.45, 7) is 9.06. The third kappa shape index (κ3) is 9.53. The summed E-state index contributed by atoms with van der Waals surface area (Å²) in [4.78, 5) is 16.2. The minimum Gasteiger partial charge on any atom is -0.337 e. The van der Waals surface area contributed by atoms with Crippen LogP contribution in [0.2, 0.25) is 0 Å². The first-order valence-corrected chi connectivity index (χ1v) is 25.8. The molecule has 3 nitrogen and oxygen atoms in total. The van der Waals surface area contributed by atoms with Crippen molar-refractivity contribution < 1.29 is 0 Å². The molecule has 0 saturated carbocycles. The van der Waals surface area contributed by atoms with Gasteiger partial charge in [-0.3, -0.25) is 0 Å². The Balaban J connectivity index is 1.14. The van der Waals surface area contributed by atoms with E-state index >= 15 is 0 Å². The van der Waals surface area contributed by atoms with Crippen LogP contribution in [0.5, 0.6) is 0 Å². The number of benzene rings is 5. The number of nitrogens with zero attached hydrogens (tertiary/aromatic N) is 3. The summed E-state index contributed by atoms with van der Waals surface area (Å²) in [5.74, 6) is 0. The van der Waals surface area contributed by atoms with E-state index in [9.17, 15) is 0 Å². The van der Waals surface area contributed by atoms with Crippen molar-refractivity contribution in [3.8, 4) is 53.8 Å². The van der Waals surface area contributed by atoms with Crippen molar-refractivity contribution in [1.29, 1.82) is 0 Å². The molecule has 64 heavy (non-hydrogen) atoms. The molecule has 326 valence electrons. The second kappa shape index (κ2) is 20.6. The van der Waals surface area contributed by atoms with Crippen LogP contribution >= 0.6 is 22.7 Å². The zero-order valence-corrected chi connectivity index (χ0v) is 40.0. The SMILES string of the molecule is CCCCCCCCC(CCCCCCCC)n1c2cc(C)ccc2c2ccc(-c3ccc(-c4ccc(-c5ccc(C)s5)c5nc(-c6ccccc6)c(-c6ccccc6)nc45)s3)cc21. The van der Waals surface area contributed by atoms with E-state index in [1.54, 1.807) is 0 Å². The normalized spacial score (nSPS) is 11.8. The van der Waals surface area contributed by atoms with Gasteiger partial charge in [-0.25, -0.2) is 9.97 Å². The quantitative estimate of drug-likeness (QED) is 0.0714. The number of fused-ring (bicyclic) bond motifs is 4. The molecule has 0 atom stereocenters. The van der Waals surface area contributed by atoms with Gasteiger partial charge in [-0.15, -0.1) is 22.7 Å². The molecule has 9 rings (SSSR count). The van der Waals surface area contributed by atoms with E-state index in [0.717, 1.165) is 44.7 Å². The highest BCUT2D eigenvalue weighted by Crippen LogP contribution is 2.44. The van der Waals surface area contributed by atoms with Crippen molar-refractivity contribution in [2.45, 2.75) is 124 Å². The van der Waals surface area contributed by atoms with Crippen LogP contribution in [0.1, 0.15) is 120 Å². The van der Waals surface area contributed by atoms with Gasteiger partial charge in [-0.2, -0.15) is 0 Å². The largest absolute Gasteiger partial charge is 0.337 e. The summed E-state index contributed by atoms with van der Waals surface area (Å²) in [5, 5.41) is 2.75. The molecule has 9 aromatic rings. The van der Waals surface area contributed by atoms with Crippen LogP contribution < -0.4 is 0 Å². The molecular formula is C59H63N3S2. The summed E-state index contributed by atoms with van der Waals surface area (Å²) in [7, 11) is 0. The van der Waals surface area contributed by atoms with Crippen LogP contribution in [0.4, 0.5) is 0 Å². The average molecular weight is 878 g/mol. The molecule has 4 aromatic heterocycles. The van der Waals surface area contributed by atoms with E-state index < -0.39 is 0 Å². The first-order chi connectivity index (χ1) is 31.5. The second-order valence-corrected chi connectivity index (χ2v) is 20.3. The number of thiophene rings is 2. The maximum Gasteiger partial charge on any atom is 0.0988 e. The molecule has 4 heterocycles. The molecule has 0 N–H and O–H groups in total. The highest BCUT2D eigenvalue weighted by atomic mass is 32.1. The summed E-state index contributed by atoms with van der Waals surface area (Å²) in [6, 6.07) is 49.6. The predicted octanol–water partition coefficient (Wildman–Crippen LogP) is 18.9. The Morgan fingerprint density at radius 1 is 0.453 bits per heavy atom. The van der Waals surface area contributed by atoms with Gasteiger partial charge in [0.25, 0.3) is 0 Å². The average Bonchev–Trinajstić information content (AvgIpc) is 4.08. The molecule has 0 fully saturated rings. The highest BCUT2D eigenvalue weighted by Gasteiger charge is 2.22. The number of rotatable bonds is 20. The Hall–Kier alpha value is -5.36. The van der Waals surface area contributed by atoms with Crippen molar-refractivity contribution in [2.24, 2.45) is 0 Å². The summed E-state index contributed by atoms with van der Waals surface area (Å²) in [6.07, 6.45) is 18.5. The van der Waals surface area contributed by atoms with Crippen molar-refractivity contribution in [1.82, 2.24) is 14.5 Å². The zero-order chi connectivity index (χ0) is 43.8. The van der Waals surface area contributed by atoms with Crippen LogP contribution in [0.25, 0.3) is 86.7 Å². The maximum absolute atomic E-state index is 5.61. The first kappa shape index (κ1) is 43.9. The van der Waals surface area contributed by atoms with Gasteiger partial charge in [0.15, 0.2) is 0 Å². The minimum absolute atomic E-state index is 0.489. The van der Waals surface area contributed by atoms with E-state index in [4.69, 9.17) is 9.97 Å². The molecule has 0 aliphatic carbocycles. The van der Waals surface area contributed by atoms with Crippen molar-refractivity contribution in [2.75, 3.05) is 0 Å². The van der Waals surface area contributed by atoms with Crippen LogP contribution in [0, 0.1) is 13.8 Å². The Bertz CT molecular complexity index is 2940. The van der Waals surface area contributed by atoms with Crippen LogP contribution in [-0.2, 0) is 0 Å². The van der Waals surface area contributed by atoms with E-state index in [0.29, 0.717) is 6.04 Å². The van der Waals surface area contributed by atoms with Gasteiger partial charge < -0.3 is 4.57 Å². The maximum atomic E-state index is 5.61. The van der Waals surface area contributed by atoms with Gasteiger partial charge >= 0.3 is 0 Å². The molecular weight excluding hydrogens is 815 g/mol. The van der Waals surface area contributed by atoms with Gasteiger partial charge in [-0.05, 0) is 74.2 Å². The summed E-state index contributed by atoms with van der Waals surface area (Å²) < 4.78 is 2.78. The molecule has 0 saturated heterocycles. The Kier molecular flexibility index (Phi) is 14.2. The number of hydrogen-bond acceptors (Lipinski definition) is 4. The molecule has 5 aromatic carbocycles. The summed E-state index contributed by atoms with van der Waals surface area (Å²) >= 11 is 3.68. The van der Waals surface area contributed by atoms with Crippen LogP contribution in [0.3, 0.4) is 0 Å². The van der Waals surface area contributed by atoms with Gasteiger partial charge in [0.1, 0.15) is 0 Å². The van der Waals surface area contributed by atoms with Crippen LogP contribution in [-0.4, -0.2) is 14.5 Å². The molecule has 0 unspecified atom stereocenters. The third-order valence-corrected chi connectivity index (χ3v) is 15.4. The smallest absolute Gasteiger partial charge is 0.0988 e.